The van der Waals surface area contributed by atoms with Crippen LogP contribution in [-0.4, -0.2) is 20.9 Å². The number of carbonyl (C=O) groups excluding carboxylic acids is 1. The number of benzene rings is 2. The van der Waals surface area contributed by atoms with Gasteiger partial charge in [-0.2, -0.15) is 0 Å². The van der Waals surface area contributed by atoms with Crippen molar-refractivity contribution in [1.82, 2.24) is 4.72 Å². The molecule has 0 bridgehead atoms. The highest BCUT2D eigenvalue weighted by Crippen LogP contribution is 2.35. The average molecular weight is 358 g/mol. The zero-order chi connectivity index (χ0) is 17.6. The molecule has 0 fully saturated rings. The lowest BCUT2D eigenvalue weighted by Gasteiger charge is -2.26. The summed E-state index contributed by atoms with van der Waals surface area (Å²) in [7, 11) is -3.71. The van der Waals surface area contributed by atoms with Crippen LogP contribution in [0.4, 0.5) is 5.69 Å². The van der Waals surface area contributed by atoms with Gasteiger partial charge in [-0.1, -0.05) is 18.2 Å². The molecule has 2 N–H and O–H groups in total. The number of nitrogens with one attached hydrogen (secondary N) is 2. The van der Waals surface area contributed by atoms with Crippen LogP contribution in [0.1, 0.15) is 36.4 Å². The molecule has 130 valence electrons. The largest absolute Gasteiger partial charge is 0.493 e. The number of fused-ring (bicyclic) bond motifs is 2. The number of ether oxygens (including phenoxy) is 1. The first-order chi connectivity index (χ1) is 12.0. The Kier molecular flexibility index (Phi) is 3.77. The van der Waals surface area contributed by atoms with Gasteiger partial charge in [-0.25, -0.2) is 13.1 Å². The van der Waals surface area contributed by atoms with Crippen molar-refractivity contribution in [3.63, 3.8) is 0 Å². The van der Waals surface area contributed by atoms with E-state index >= 15 is 0 Å². The maximum absolute atomic E-state index is 12.8. The molecule has 2 aromatic carbocycles. The molecule has 0 radical (unpaired) electrons. The number of amides is 1. The van der Waals surface area contributed by atoms with E-state index in [-0.39, 0.29) is 22.8 Å². The fourth-order valence-corrected chi connectivity index (χ4v) is 4.57. The van der Waals surface area contributed by atoms with E-state index in [1.807, 2.05) is 24.3 Å². The van der Waals surface area contributed by atoms with Crippen molar-refractivity contribution in [3.05, 3.63) is 53.6 Å². The Morgan fingerprint density at radius 3 is 2.80 bits per heavy atom. The van der Waals surface area contributed by atoms with Gasteiger partial charge in [-0.15, -0.1) is 0 Å². The lowest BCUT2D eigenvalue weighted by Crippen LogP contribution is -2.32. The predicted octanol–water partition coefficient (Wildman–Crippen LogP) is 2.54. The van der Waals surface area contributed by atoms with E-state index < -0.39 is 10.0 Å². The first-order valence-electron chi connectivity index (χ1n) is 8.14. The van der Waals surface area contributed by atoms with Gasteiger partial charge in [-0.05, 0) is 36.8 Å². The topological polar surface area (TPSA) is 84.5 Å². The lowest BCUT2D eigenvalue weighted by molar-refractivity contribution is -0.116. The summed E-state index contributed by atoms with van der Waals surface area (Å²) in [6.45, 7) is 2.23. The Morgan fingerprint density at radius 2 is 1.96 bits per heavy atom. The van der Waals surface area contributed by atoms with Crippen LogP contribution in [0.15, 0.2) is 47.4 Å². The molecule has 2 aliphatic heterocycles. The minimum absolute atomic E-state index is 0.115. The van der Waals surface area contributed by atoms with Crippen molar-refractivity contribution >= 4 is 21.6 Å². The molecule has 0 aliphatic carbocycles. The molecule has 0 saturated heterocycles. The van der Waals surface area contributed by atoms with Gasteiger partial charge < -0.3 is 10.1 Å². The van der Waals surface area contributed by atoms with Crippen LogP contribution in [0.25, 0.3) is 0 Å². The number of sulfonamides is 1. The minimum Gasteiger partial charge on any atom is -0.493 e. The number of hydrogen-bond acceptors (Lipinski definition) is 4. The zero-order valence-electron chi connectivity index (χ0n) is 13.7. The van der Waals surface area contributed by atoms with E-state index in [9.17, 15) is 13.2 Å². The second kappa shape index (κ2) is 5.86. The Morgan fingerprint density at radius 1 is 1.16 bits per heavy atom. The van der Waals surface area contributed by atoms with Crippen LogP contribution in [0.3, 0.4) is 0 Å². The predicted molar refractivity (Wildman–Crippen MR) is 93.1 cm³/mol. The van der Waals surface area contributed by atoms with E-state index in [1.54, 1.807) is 19.1 Å². The Bertz CT molecular complexity index is 955. The van der Waals surface area contributed by atoms with Crippen LogP contribution < -0.4 is 14.8 Å². The zero-order valence-corrected chi connectivity index (χ0v) is 14.5. The van der Waals surface area contributed by atoms with Gasteiger partial charge in [0.2, 0.25) is 15.9 Å². The molecule has 6 nitrogen and oxygen atoms in total. The molecule has 2 aliphatic rings. The fraction of sp³-hybridized carbons (Fsp3) is 0.278. The van der Waals surface area contributed by atoms with Crippen LogP contribution >= 0.6 is 0 Å². The summed E-state index contributed by atoms with van der Waals surface area (Å²) in [6.07, 6.45) is 0.567. The molecule has 2 atom stereocenters. The van der Waals surface area contributed by atoms with Gasteiger partial charge in [0.25, 0.3) is 0 Å². The lowest BCUT2D eigenvalue weighted by atomic mass is 10.0. The molecule has 0 aromatic heterocycles. The average Bonchev–Trinajstić information content (AvgIpc) is 2.89. The van der Waals surface area contributed by atoms with Crippen molar-refractivity contribution in [3.8, 4) is 5.75 Å². The SMILES string of the molecule is C[C@H]1C(=O)Nc2ccc(S(=O)(=O)N[C@@H]3CCOc4ccccc43)cc21. The number of anilines is 1. The highest BCUT2D eigenvalue weighted by molar-refractivity contribution is 7.89. The van der Waals surface area contributed by atoms with E-state index in [4.69, 9.17) is 4.74 Å². The monoisotopic (exact) mass is 358 g/mol. The van der Waals surface area contributed by atoms with Gasteiger partial charge in [0.05, 0.1) is 23.5 Å². The highest BCUT2D eigenvalue weighted by atomic mass is 32.2. The second-order valence-corrected chi connectivity index (χ2v) is 8.02. The molecule has 4 rings (SSSR count). The molecule has 25 heavy (non-hydrogen) atoms. The van der Waals surface area contributed by atoms with Gasteiger partial charge >= 0.3 is 0 Å². The minimum atomic E-state index is -3.71. The number of hydrogen-bond donors (Lipinski definition) is 2. The van der Waals surface area contributed by atoms with Gasteiger partial charge in [0.1, 0.15) is 5.75 Å². The molecule has 0 saturated carbocycles. The normalized spacial score (nSPS) is 21.9. The molecular weight excluding hydrogens is 340 g/mol. The number of carbonyl (C=O) groups is 1. The van der Waals surface area contributed by atoms with Crippen molar-refractivity contribution in [2.45, 2.75) is 30.2 Å². The van der Waals surface area contributed by atoms with Crippen molar-refractivity contribution in [2.75, 3.05) is 11.9 Å². The maximum atomic E-state index is 12.8. The summed E-state index contributed by atoms with van der Waals surface area (Å²) in [6, 6.07) is 11.8. The molecule has 0 unspecified atom stereocenters. The quantitative estimate of drug-likeness (QED) is 0.883. The highest BCUT2D eigenvalue weighted by Gasteiger charge is 2.30. The Hall–Kier alpha value is -2.38. The molecule has 1 amide bonds. The number of rotatable bonds is 3. The summed E-state index contributed by atoms with van der Waals surface area (Å²) in [5, 5.41) is 2.75. The molecule has 7 heteroatoms. The third kappa shape index (κ3) is 2.79. The first-order valence-corrected chi connectivity index (χ1v) is 9.63. The Balaban J connectivity index is 1.65. The summed E-state index contributed by atoms with van der Waals surface area (Å²) < 4.78 is 34.0. The second-order valence-electron chi connectivity index (χ2n) is 6.31. The van der Waals surface area contributed by atoms with E-state index in [1.165, 1.54) is 6.07 Å². The smallest absolute Gasteiger partial charge is 0.241 e. The third-order valence-electron chi connectivity index (χ3n) is 4.71. The standard InChI is InChI=1S/C18H18N2O4S/c1-11-14-10-12(6-7-15(14)19-18(11)21)25(22,23)20-16-8-9-24-17-5-3-2-4-13(16)17/h2-7,10-11,16,20H,8-9H2,1H3,(H,19,21)/t11-,16-/m1/s1. The van der Waals surface area contributed by atoms with Crippen molar-refractivity contribution < 1.29 is 17.9 Å². The first kappa shape index (κ1) is 16.1. The summed E-state index contributed by atoms with van der Waals surface area (Å²) >= 11 is 0. The van der Waals surface area contributed by atoms with Crippen LogP contribution in [0.5, 0.6) is 5.75 Å². The summed E-state index contributed by atoms with van der Waals surface area (Å²) in [5.74, 6) is 0.239. The van der Waals surface area contributed by atoms with Gasteiger partial charge in [0.15, 0.2) is 0 Å². The molecular formula is C18H18N2O4S. The van der Waals surface area contributed by atoms with Crippen LogP contribution in [-0.2, 0) is 14.8 Å². The van der Waals surface area contributed by atoms with E-state index in [0.717, 1.165) is 5.56 Å². The van der Waals surface area contributed by atoms with Crippen LogP contribution in [0.2, 0.25) is 0 Å². The van der Waals surface area contributed by atoms with Gasteiger partial charge in [0, 0.05) is 17.7 Å². The van der Waals surface area contributed by atoms with Gasteiger partial charge in [-0.3, -0.25) is 4.79 Å². The maximum Gasteiger partial charge on any atom is 0.241 e. The van der Waals surface area contributed by atoms with E-state index in [0.29, 0.717) is 30.0 Å². The summed E-state index contributed by atoms with van der Waals surface area (Å²) in [5.41, 5.74) is 2.22. The third-order valence-corrected chi connectivity index (χ3v) is 6.18. The molecule has 2 aromatic rings. The van der Waals surface area contributed by atoms with E-state index in [2.05, 4.69) is 10.0 Å². The van der Waals surface area contributed by atoms with Crippen molar-refractivity contribution in [2.24, 2.45) is 0 Å². The fourth-order valence-electron chi connectivity index (χ4n) is 3.28. The summed E-state index contributed by atoms with van der Waals surface area (Å²) in [4.78, 5) is 11.9. The van der Waals surface area contributed by atoms with Crippen molar-refractivity contribution in [1.29, 1.82) is 0 Å². The number of para-hydroxylation sites is 1. The molecule has 0 spiro atoms. The molecule has 2 heterocycles. The Labute approximate surface area is 146 Å². The van der Waals surface area contributed by atoms with Crippen LogP contribution in [0, 0.1) is 0 Å².